The molecule has 1 N–H and O–H groups in total. The Morgan fingerprint density at radius 3 is 2.56 bits per heavy atom. The Balaban J connectivity index is 1.94. The van der Waals surface area contributed by atoms with Crippen LogP contribution in [0.5, 0.6) is 0 Å². The number of nitro benzene ring substituents is 1. The number of nitro groups is 1. The van der Waals surface area contributed by atoms with Crippen molar-refractivity contribution in [1.82, 2.24) is 4.31 Å². The van der Waals surface area contributed by atoms with Crippen molar-refractivity contribution < 1.29 is 17.8 Å². The lowest BCUT2D eigenvalue weighted by Crippen LogP contribution is -2.32. The van der Waals surface area contributed by atoms with Gasteiger partial charge in [0.15, 0.2) is 0 Å². The van der Waals surface area contributed by atoms with Gasteiger partial charge in [0.1, 0.15) is 10.7 Å². The molecule has 2 heterocycles. The molecule has 1 fully saturated rings. The van der Waals surface area contributed by atoms with Gasteiger partial charge in [0, 0.05) is 25.2 Å². The van der Waals surface area contributed by atoms with E-state index in [0.717, 1.165) is 31.7 Å². The summed E-state index contributed by atoms with van der Waals surface area (Å²) in [6, 6.07) is 7.05. The van der Waals surface area contributed by atoms with Crippen molar-refractivity contribution in [2.45, 2.75) is 30.6 Å². The van der Waals surface area contributed by atoms with Crippen LogP contribution >= 0.6 is 0 Å². The van der Waals surface area contributed by atoms with Crippen LogP contribution < -0.4 is 5.43 Å². The number of hydrazone groups is 1. The highest BCUT2D eigenvalue weighted by Gasteiger charge is 2.29. The molecule has 1 aliphatic rings. The van der Waals surface area contributed by atoms with Gasteiger partial charge in [0.05, 0.1) is 23.1 Å². The molecular formula is C17H20N4O5S. The van der Waals surface area contributed by atoms with Crippen LogP contribution in [-0.2, 0) is 10.0 Å². The molecule has 1 aromatic carbocycles. The lowest BCUT2D eigenvalue weighted by molar-refractivity contribution is -0.385. The highest BCUT2D eigenvalue weighted by molar-refractivity contribution is 7.89. The van der Waals surface area contributed by atoms with E-state index in [9.17, 15) is 18.5 Å². The van der Waals surface area contributed by atoms with E-state index in [4.69, 9.17) is 4.42 Å². The standard InChI is InChI=1S/C17H20N4O5S/c22-21(23)14-7-8-16(19-18-13-15-6-5-11-26-15)17(12-14)27(24,25)20-9-3-1-2-4-10-20/h5-8,11-13,19H,1-4,9-10H2/b18-13-. The minimum absolute atomic E-state index is 0.157. The molecule has 9 nitrogen and oxygen atoms in total. The third-order valence-electron chi connectivity index (χ3n) is 4.28. The Kier molecular flexibility index (Phi) is 5.87. The topological polar surface area (TPSA) is 118 Å². The Bertz CT molecular complexity index is 917. The third-order valence-corrected chi connectivity index (χ3v) is 6.22. The molecule has 10 heteroatoms. The summed E-state index contributed by atoms with van der Waals surface area (Å²) in [6.45, 7) is 0.806. The first kappa shape index (κ1) is 19.1. The van der Waals surface area contributed by atoms with E-state index in [1.165, 1.54) is 28.9 Å². The number of rotatable bonds is 6. The van der Waals surface area contributed by atoms with Crippen LogP contribution in [0.1, 0.15) is 31.4 Å². The van der Waals surface area contributed by atoms with E-state index in [-0.39, 0.29) is 16.3 Å². The number of hydrogen-bond acceptors (Lipinski definition) is 7. The molecule has 0 spiro atoms. The van der Waals surface area contributed by atoms with Gasteiger partial charge in [-0.15, -0.1) is 0 Å². The van der Waals surface area contributed by atoms with Crippen molar-refractivity contribution in [2.24, 2.45) is 5.10 Å². The number of anilines is 1. The number of non-ortho nitro benzene ring substituents is 1. The van der Waals surface area contributed by atoms with Gasteiger partial charge in [-0.3, -0.25) is 15.5 Å². The lowest BCUT2D eigenvalue weighted by Gasteiger charge is -2.21. The first-order valence-electron chi connectivity index (χ1n) is 8.59. The predicted octanol–water partition coefficient (Wildman–Crippen LogP) is 3.20. The number of benzene rings is 1. The van der Waals surface area contributed by atoms with Gasteiger partial charge in [-0.1, -0.05) is 12.8 Å². The third kappa shape index (κ3) is 4.52. The summed E-state index contributed by atoms with van der Waals surface area (Å²) in [5.74, 6) is 0.487. The van der Waals surface area contributed by atoms with Crippen molar-refractivity contribution in [3.63, 3.8) is 0 Å². The van der Waals surface area contributed by atoms with Crippen LogP contribution in [0.25, 0.3) is 0 Å². The number of nitrogens with one attached hydrogen (secondary N) is 1. The normalized spacial score (nSPS) is 16.3. The molecule has 144 valence electrons. The zero-order chi connectivity index (χ0) is 19.3. The predicted molar refractivity (Wildman–Crippen MR) is 100 cm³/mol. The van der Waals surface area contributed by atoms with Crippen molar-refractivity contribution in [2.75, 3.05) is 18.5 Å². The second-order valence-electron chi connectivity index (χ2n) is 6.14. The van der Waals surface area contributed by atoms with Gasteiger partial charge in [-0.05, 0) is 31.0 Å². The van der Waals surface area contributed by atoms with Crippen molar-refractivity contribution in [3.05, 3.63) is 52.5 Å². The molecular weight excluding hydrogens is 372 g/mol. The molecule has 0 unspecified atom stereocenters. The van der Waals surface area contributed by atoms with Gasteiger partial charge in [-0.25, -0.2) is 8.42 Å². The summed E-state index contributed by atoms with van der Waals surface area (Å²) >= 11 is 0. The maximum atomic E-state index is 13.1. The average Bonchev–Trinajstić information content (AvgIpc) is 3.00. The van der Waals surface area contributed by atoms with Crippen LogP contribution in [0.2, 0.25) is 0 Å². The maximum Gasteiger partial charge on any atom is 0.270 e. The van der Waals surface area contributed by atoms with Crippen LogP contribution in [0.4, 0.5) is 11.4 Å². The fraction of sp³-hybridized carbons (Fsp3) is 0.353. The highest BCUT2D eigenvalue weighted by atomic mass is 32.2. The summed E-state index contributed by atoms with van der Waals surface area (Å²) in [5.41, 5.74) is 2.55. The van der Waals surface area contributed by atoms with E-state index in [1.807, 2.05) is 0 Å². The molecule has 0 amide bonds. The molecule has 0 atom stereocenters. The fourth-order valence-electron chi connectivity index (χ4n) is 2.88. The molecule has 3 rings (SSSR count). The minimum Gasteiger partial charge on any atom is -0.463 e. The number of furan rings is 1. The second kappa shape index (κ2) is 8.31. The largest absolute Gasteiger partial charge is 0.463 e. The molecule has 2 aromatic rings. The number of hydrogen-bond donors (Lipinski definition) is 1. The zero-order valence-corrected chi connectivity index (χ0v) is 15.4. The van der Waals surface area contributed by atoms with E-state index < -0.39 is 14.9 Å². The highest BCUT2D eigenvalue weighted by Crippen LogP contribution is 2.30. The monoisotopic (exact) mass is 392 g/mol. The van der Waals surface area contributed by atoms with Crippen molar-refractivity contribution in [3.8, 4) is 0 Å². The lowest BCUT2D eigenvalue weighted by atomic mass is 10.2. The minimum atomic E-state index is -3.89. The average molecular weight is 392 g/mol. The van der Waals surface area contributed by atoms with E-state index >= 15 is 0 Å². The fourth-order valence-corrected chi connectivity index (χ4v) is 4.56. The Morgan fingerprint density at radius 1 is 1.19 bits per heavy atom. The van der Waals surface area contributed by atoms with Crippen molar-refractivity contribution >= 4 is 27.6 Å². The second-order valence-corrected chi connectivity index (χ2v) is 8.05. The summed E-state index contributed by atoms with van der Waals surface area (Å²) in [7, 11) is -3.89. The van der Waals surface area contributed by atoms with Crippen molar-refractivity contribution in [1.29, 1.82) is 0 Å². The zero-order valence-electron chi connectivity index (χ0n) is 14.6. The molecule has 1 aromatic heterocycles. The molecule has 0 aliphatic carbocycles. The first-order chi connectivity index (χ1) is 13.0. The van der Waals surface area contributed by atoms with Gasteiger partial charge in [0.2, 0.25) is 10.0 Å². The van der Waals surface area contributed by atoms with Gasteiger partial charge >= 0.3 is 0 Å². The summed E-state index contributed by atoms with van der Waals surface area (Å²) < 4.78 is 32.8. The molecule has 0 radical (unpaired) electrons. The summed E-state index contributed by atoms with van der Waals surface area (Å²) in [4.78, 5) is 10.4. The Labute approximate surface area is 156 Å². The van der Waals surface area contributed by atoms with Crippen LogP contribution in [-0.4, -0.2) is 37.0 Å². The molecule has 27 heavy (non-hydrogen) atoms. The van der Waals surface area contributed by atoms with E-state index in [2.05, 4.69) is 10.5 Å². The van der Waals surface area contributed by atoms with Crippen LogP contribution in [0.15, 0.2) is 51.0 Å². The molecule has 1 aliphatic heterocycles. The van der Waals surface area contributed by atoms with Gasteiger partial charge in [-0.2, -0.15) is 9.41 Å². The molecule has 1 saturated heterocycles. The number of nitrogens with zero attached hydrogens (tertiary/aromatic N) is 3. The smallest absolute Gasteiger partial charge is 0.270 e. The Hall–Kier alpha value is -2.72. The number of sulfonamides is 1. The SMILES string of the molecule is O=[N+]([O-])c1ccc(N/N=C\c2ccco2)c(S(=O)(=O)N2CCCCCC2)c1. The van der Waals surface area contributed by atoms with E-state index in [1.54, 1.807) is 12.1 Å². The quantitative estimate of drug-likeness (QED) is 0.458. The van der Waals surface area contributed by atoms with Gasteiger partial charge < -0.3 is 4.42 Å². The van der Waals surface area contributed by atoms with Crippen LogP contribution in [0.3, 0.4) is 0 Å². The Morgan fingerprint density at radius 2 is 1.93 bits per heavy atom. The van der Waals surface area contributed by atoms with Crippen LogP contribution in [0, 0.1) is 10.1 Å². The van der Waals surface area contributed by atoms with E-state index in [0.29, 0.717) is 18.8 Å². The molecule has 0 bridgehead atoms. The molecule has 0 saturated carbocycles. The summed E-state index contributed by atoms with van der Waals surface area (Å²) in [5, 5.41) is 15.1. The van der Waals surface area contributed by atoms with Gasteiger partial charge in [0.25, 0.3) is 5.69 Å². The summed E-state index contributed by atoms with van der Waals surface area (Å²) in [6.07, 6.45) is 6.37. The maximum absolute atomic E-state index is 13.1. The first-order valence-corrected chi connectivity index (χ1v) is 10.0.